The Morgan fingerprint density at radius 1 is 1.33 bits per heavy atom. The van der Waals surface area contributed by atoms with Gasteiger partial charge >= 0.3 is 0 Å². The lowest BCUT2D eigenvalue weighted by Crippen LogP contribution is -2.16. The molecule has 0 radical (unpaired) electrons. The molecule has 2 rings (SSSR count). The van der Waals surface area contributed by atoms with Gasteiger partial charge in [-0.3, -0.25) is 4.79 Å². The maximum Gasteiger partial charge on any atom is 0.251 e. The van der Waals surface area contributed by atoms with Crippen molar-refractivity contribution in [2.24, 2.45) is 5.73 Å². The predicted molar refractivity (Wildman–Crippen MR) is 88.9 cm³/mol. The first kappa shape index (κ1) is 15.8. The van der Waals surface area contributed by atoms with Crippen molar-refractivity contribution in [1.82, 2.24) is 9.47 Å². The zero-order valence-corrected chi connectivity index (χ0v) is 14.0. The standard InChI is InChI=1S/C16H23N3OS/c1-11-14(13-6-9-21-10-13)15(16(17)20)12(2)19(11)8-5-7-18(3)4/h6,9-10H,5,7-8H2,1-4H3,(H2,17,20). The van der Waals surface area contributed by atoms with Crippen LogP contribution in [0.1, 0.15) is 28.2 Å². The maximum atomic E-state index is 11.9. The zero-order valence-electron chi connectivity index (χ0n) is 13.1. The summed E-state index contributed by atoms with van der Waals surface area (Å²) in [5, 5.41) is 4.09. The van der Waals surface area contributed by atoms with E-state index in [0.717, 1.165) is 42.0 Å². The van der Waals surface area contributed by atoms with E-state index >= 15 is 0 Å². The van der Waals surface area contributed by atoms with Gasteiger partial charge in [0, 0.05) is 23.5 Å². The average molecular weight is 305 g/mol. The minimum atomic E-state index is -0.344. The van der Waals surface area contributed by atoms with Crippen LogP contribution in [0.25, 0.3) is 11.1 Å². The highest BCUT2D eigenvalue weighted by molar-refractivity contribution is 7.08. The highest BCUT2D eigenvalue weighted by Crippen LogP contribution is 2.33. The van der Waals surface area contributed by atoms with Gasteiger partial charge in [-0.1, -0.05) is 0 Å². The first-order valence-corrected chi connectivity index (χ1v) is 8.04. The lowest BCUT2D eigenvalue weighted by molar-refractivity contribution is 0.1000. The Hall–Kier alpha value is -1.59. The number of hydrogen-bond donors (Lipinski definition) is 1. The Balaban J connectivity index is 2.43. The molecule has 0 aliphatic heterocycles. The monoisotopic (exact) mass is 305 g/mol. The second-order valence-electron chi connectivity index (χ2n) is 5.61. The van der Waals surface area contributed by atoms with E-state index in [1.165, 1.54) is 0 Å². The number of nitrogens with zero attached hydrogens (tertiary/aromatic N) is 2. The van der Waals surface area contributed by atoms with Crippen LogP contribution in [0.5, 0.6) is 0 Å². The Kier molecular flexibility index (Phi) is 4.85. The van der Waals surface area contributed by atoms with Gasteiger partial charge in [-0.05, 0) is 63.3 Å². The Labute approximate surface area is 130 Å². The van der Waals surface area contributed by atoms with Gasteiger partial charge < -0.3 is 15.2 Å². The van der Waals surface area contributed by atoms with Gasteiger partial charge in [-0.2, -0.15) is 11.3 Å². The second kappa shape index (κ2) is 6.45. The van der Waals surface area contributed by atoms with Gasteiger partial charge in [0.1, 0.15) is 0 Å². The molecule has 0 aromatic carbocycles. The van der Waals surface area contributed by atoms with Crippen molar-refractivity contribution < 1.29 is 4.79 Å². The number of amides is 1. The summed E-state index contributed by atoms with van der Waals surface area (Å²) in [4.78, 5) is 14.1. The molecule has 2 N–H and O–H groups in total. The second-order valence-corrected chi connectivity index (χ2v) is 6.39. The maximum absolute atomic E-state index is 11.9. The summed E-state index contributed by atoms with van der Waals surface area (Å²) in [6.45, 7) is 5.98. The van der Waals surface area contributed by atoms with E-state index in [9.17, 15) is 4.79 Å². The Morgan fingerprint density at radius 3 is 2.57 bits per heavy atom. The largest absolute Gasteiger partial charge is 0.366 e. The van der Waals surface area contributed by atoms with Crippen LogP contribution in [0.15, 0.2) is 16.8 Å². The summed E-state index contributed by atoms with van der Waals surface area (Å²) < 4.78 is 2.22. The molecule has 2 aromatic heterocycles. The fourth-order valence-electron chi connectivity index (χ4n) is 2.83. The molecule has 1 amide bonds. The third-order valence-electron chi connectivity index (χ3n) is 3.83. The van der Waals surface area contributed by atoms with Crippen LogP contribution in [-0.2, 0) is 6.54 Å². The van der Waals surface area contributed by atoms with Crippen molar-refractivity contribution in [3.63, 3.8) is 0 Å². The molecule has 0 aliphatic carbocycles. The van der Waals surface area contributed by atoms with Crippen molar-refractivity contribution in [3.8, 4) is 11.1 Å². The molecule has 0 aliphatic rings. The summed E-state index contributed by atoms with van der Waals surface area (Å²) in [7, 11) is 4.14. The predicted octanol–water partition coefficient (Wildman–Crippen LogP) is 2.88. The molecule has 2 heterocycles. The van der Waals surface area contributed by atoms with Crippen molar-refractivity contribution in [2.45, 2.75) is 26.8 Å². The highest BCUT2D eigenvalue weighted by atomic mass is 32.1. The van der Waals surface area contributed by atoms with Crippen LogP contribution in [0.2, 0.25) is 0 Å². The molecule has 2 aromatic rings. The van der Waals surface area contributed by atoms with Gasteiger partial charge in [-0.25, -0.2) is 0 Å². The van der Waals surface area contributed by atoms with Crippen LogP contribution in [0.4, 0.5) is 0 Å². The fraction of sp³-hybridized carbons (Fsp3) is 0.438. The summed E-state index contributed by atoms with van der Waals surface area (Å²) >= 11 is 1.63. The molecular formula is C16H23N3OS. The summed E-state index contributed by atoms with van der Waals surface area (Å²) in [6.07, 6.45) is 1.05. The van der Waals surface area contributed by atoms with Gasteiger partial charge in [0.05, 0.1) is 5.56 Å². The van der Waals surface area contributed by atoms with Crippen LogP contribution in [-0.4, -0.2) is 36.0 Å². The average Bonchev–Trinajstić information content (AvgIpc) is 2.98. The lowest BCUT2D eigenvalue weighted by atomic mass is 10.0. The molecule has 0 saturated heterocycles. The molecule has 4 nitrogen and oxygen atoms in total. The van der Waals surface area contributed by atoms with Crippen molar-refractivity contribution in [1.29, 1.82) is 0 Å². The van der Waals surface area contributed by atoms with Crippen LogP contribution < -0.4 is 5.73 Å². The highest BCUT2D eigenvalue weighted by Gasteiger charge is 2.22. The van der Waals surface area contributed by atoms with E-state index in [-0.39, 0.29) is 5.91 Å². The number of carbonyl (C=O) groups is 1. The smallest absolute Gasteiger partial charge is 0.251 e. The molecule has 0 bridgehead atoms. The summed E-state index contributed by atoms with van der Waals surface area (Å²) in [6, 6.07) is 2.04. The van der Waals surface area contributed by atoms with E-state index in [1.807, 2.05) is 18.4 Å². The van der Waals surface area contributed by atoms with E-state index in [1.54, 1.807) is 11.3 Å². The van der Waals surface area contributed by atoms with Gasteiger partial charge in [-0.15, -0.1) is 0 Å². The van der Waals surface area contributed by atoms with Crippen molar-refractivity contribution in [3.05, 3.63) is 33.8 Å². The van der Waals surface area contributed by atoms with Gasteiger partial charge in [0.15, 0.2) is 0 Å². The molecular weight excluding hydrogens is 282 g/mol. The third-order valence-corrected chi connectivity index (χ3v) is 4.51. The summed E-state index contributed by atoms with van der Waals surface area (Å²) in [5.41, 5.74) is 10.5. The van der Waals surface area contributed by atoms with Crippen LogP contribution in [0, 0.1) is 13.8 Å². The summed E-state index contributed by atoms with van der Waals surface area (Å²) in [5.74, 6) is -0.344. The van der Waals surface area contributed by atoms with E-state index in [4.69, 9.17) is 5.73 Å². The first-order chi connectivity index (χ1) is 9.93. The lowest BCUT2D eigenvalue weighted by Gasteiger charge is -2.13. The molecule has 21 heavy (non-hydrogen) atoms. The number of primary amides is 1. The van der Waals surface area contributed by atoms with E-state index in [2.05, 4.69) is 35.9 Å². The molecule has 0 saturated carbocycles. The minimum Gasteiger partial charge on any atom is -0.366 e. The number of aromatic nitrogens is 1. The number of hydrogen-bond acceptors (Lipinski definition) is 3. The zero-order chi connectivity index (χ0) is 15.6. The van der Waals surface area contributed by atoms with Crippen LogP contribution in [0.3, 0.4) is 0 Å². The number of rotatable bonds is 6. The van der Waals surface area contributed by atoms with Crippen molar-refractivity contribution in [2.75, 3.05) is 20.6 Å². The third kappa shape index (κ3) is 3.19. The van der Waals surface area contributed by atoms with Crippen LogP contribution >= 0.6 is 11.3 Å². The number of nitrogens with two attached hydrogens (primary N) is 1. The van der Waals surface area contributed by atoms with Crippen molar-refractivity contribution >= 4 is 17.2 Å². The fourth-order valence-corrected chi connectivity index (χ4v) is 3.47. The quantitative estimate of drug-likeness (QED) is 0.892. The van der Waals surface area contributed by atoms with Gasteiger partial charge in [0.25, 0.3) is 5.91 Å². The molecule has 0 unspecified atom stereocenters. The first-order valence-electron chi connectivity index (χ1n) is 7.10. The molecule has 0 spiro atoms. The SMILES string of the molecule is Cc1c(C(N)=O)c(-c2ccsc2)c(C)n1CCCN(C)C. The normalized spacial score (nSPS) is 11.3. The topological polar surface area (TPSA) is 51.3 Å². The Bertz CT molecular complexity index is 626. The minimum absolute atomic E-state index is 0.344. The van der Waals surface area contributed by atoms with E-state index in [0.29, 0.717) is 5.56 Å². The Morgan fingerprint density at radius 2 is 2.05 bits per heavy atom. The number of thiophene rings is 1. The number of carbonyl (C=O) groups excluding carboxylic acids is 1. The molecule has 5 heteroatoms. The van der Waals surface area contributed by atoms with Gasteiger partial charge in [0.2, 0.25) is 0 Å². The van der Waals surface area contributed by atoms with E-state index < -0.39 is 0 Å². The molecule has 0 atom stereocenters. The molecule has 114 valence electrons. The molecule has 0 fully saturated rings.